The van der Waals surface area contributed by atoms with Crippen LogP contribution in [0.3, 0.4) is 0 Å². The van der Waals surface area contributed by atoms with Gasteiger partial charge in [0.2, 0.25) is 0 Å². The number of aromatic nitrogens is 1. The van der Waals surface area contributed by atoms with E-state index in [1.54, 1.807) is 12.3 Å². The van der Waals surface area contributed by atoms with Crippen LogP contribution in [-0.4, -0.2) is 11.5 Å². The van der Waals surface area contributed by atoms with Gasteiger partial charge < -0.3 is 10.7 Å². The summed E-state index contributed by atoms with van der Waals surface area (Å²) in [4.78, 5) is 2.78. The van der Waals surface area contributed by atoms with Crippen molar-refractivity contribution in [2.75, 3.05) is 6.54 Å². The van der Waals surface area contributed by atoms with Crippen LogP contribution in [0.15, 0.2) is 18.3 Å². The molecule has 0 fully saturated rings. The molecule has 3 N–H and O–H groups in total. The van der Waals surface area contributed by atoms with E-state index in [1.165, 1.54) is 6.07 Å². The first-order valence-electron chi connectivity index (χ1n) is 5.38. The highest BCUT2D eigenvalue weighted by molar-refractivity contribution is 5.80. The third-order valence-electron chi connectivity index (χ3n) is 2.72. The Bertz CT molecular complexity index is 491. The number of nitrogens with two attached hydrogens (primary N) is 1. The number of nitrogens with one attached hydrogen (secondary N) is 1. The molecule has 0 bridgehead atoms. The van der Waals surface area contributed by atoms with Crippen LogP contribution in [0.25, 0.3) is 10.9 Å². The summed E-state index contributed by atoms with van der Waals surface area (Å²) < 4.78 is 27.5. The zero-order valence-electron chi connectivity index (χ0n) is 8.89. The van der Waals surface area contributed by atoms with Crippen molar-refractivity contribution in [3.8, 4) is 0 Å². The van der Waals surface area contributed by atoms with Crippen molar-refractivity contribution in [1.82, 2.24) is 4.98 Å². The molecule has 0 atom stereocenters. The summed E-state index contributed by atoms with van der Waals surface area (Å²) in [6.45, 7) is 0.550. The van der Waals surface area contributed by atoms with Crippen LogP contribution in [0.5, 0.6) is 0 Å². The van der Waals surface area contributed by atoms with Gasteiger partial charge in [-0.05, 0) is 37.9 Å². The number of benzene rings is 1. The molecule has 0 spiro atoms. The van der Waals surface area contributed by atoms with Gasteiger partial charge in [-0.1, -0.05) is 0 Å². The lowest BCUT2D eigenvalue weighted by Crippen LogP contribution is -2.02. The Kier molecular flexibility index (Phi) is 3.19. The normalized spacial score (nSPS) is 11.2. The molecule has 0 aliphatic heterocycles. The van der Waals surface area contributed by atoms with Crippen molar-refractivity contribution in [2.24, 2.45) is 5.73 Å². The molecule has 0 amide bonds. The number of H-pyrrole nitrogens is 1. The van der Waals surface area contributed by atoms with Crippen molar-refractivity contribution in [2.45, 2.75) is 19.3 Å². The van der Waals surface area contributed by atoms with Crippen LogP contribution >= 0.6 is 0 Å². The predicted octanol–water partition coefficient (Wildman–Crippen LogP) is 2.73. The smallest absolute Gasteiger partial charge is 0.153 e. The maximum atomic E-state index is 13.9. The van der Waals surface area contributed by atoms with Gasteiger partial charge >= 0.3 is 0 Å². The van der Waals surface area contributed by atoms with E-state index in [4.69, 9.17) is 5.73 Å². The highest BCUT2D eigenvalue weighted by atomic mass is 19.1. The minimum Gasteiger partial charge on any atom is -0.359 e. The molecular weight excluding hydrogens is 210 g/mol. The number of fused-ring (bicyclic) bond motifs is 1. The highest BCUT2D eigenvalue weighted by Crippen LogP contribution is 2.24. The molecule has 0 saturated heterocycles. The van der Waals surface area contributed by atoms with Crippen molar-refractivity contribution >= 4 is 10.9 Å². The Morgan fingerprint density at radius 1 is 1.25 bits per heavy atom. The fraction of sp³-hybridized carbons (Fsp3) is 0.333. The second-order valence-electron chi connectivity index (χ2n) is 3.84. The Morgan fingerprint density at radius 2 is 2.06 bits per heavy atom. The van der Waals surface area contributed by atoms with Gasteiger partial charge in [0.1, 0.15) is 5.82 Å². The lowest BCUT2D eigenvalue weighted by atomic mass is 10.0. The van der Waals surface area contributed by atoms with E-state index >= 15 is 0 Å². The summed E-state index contributed by atoms with van der Waals surface area (Å²) in [7, 11) is 0. The van der Waals surface area contributed by atoms with Gasteiger partial charge in [0.05, 0.1) is 5.52 Å². The van der Waals surface area contributed by atoms with Gasteiger partial charge in [-0.2, -0.15) is 0 Å². The first-order chi connectivity index (χ1) is 7.74. The van der Waals surface area contributed by atoms with E-state index in [1.807, 2.05) is 0 Å². The number of hydrogen-bond donors (Lipinski definition) is 2. The first-order valence-corrected chi connectivity index (χ1v) is 5.38. The molecular formula is C12H14F2N2. The van der Waals surface area contributed by atoms with Crippen LogP contribution in [0, 0.1) is 11.6 Å². The molecule has 2 aromatic rings. The summed E-state index contributed by atoms with van der Waals surface area (Å²) in [5.41, 5.74) is 5.88. The van der Waals surface area contributed by atoms with Crippen molar-refractivity contribution in [3.05, 3.63) is 35.5 Å². The Labute approximate surface area is 92.5 Å². The third kappa shape index (κ3) is 1.93. The number of unbranched alkanes of at least 4 members (excludes halogenated alkanes) is 1. The molecule has 1 heterocycles. The number of hydrogen-bond acceptors (Lipinski definition) is 1. The molecule has 4 heteroatoms. The number of aromatic amines is 1. The second-order valence-corrected chi connectivity index (χ2v) is 3.84. The van der Waals surface area contributed by atoms with E-state index in [2.05, 4.69) is 4.98 Å². The monoisotopic (exact) mass is 224 g/mol. The van der Waals surface area contributed by atoms with E-state index in [0.29, 0.717) is 30.3 Å². The summed E-state index contributed by atoms with van der Waals surface area (Å²) in [5, 5.41) is 0.567. The molecule has 16 heavy (non-hydrogen) atoms. The van der Waals surface area contributed by atoms with Crippen LogP contribution < -0.4 is 5.73 Å². The molecule has 0 unspecified atom stereocenters. The third-order valence-corrected chi connectivity index (χ3v) is 2.72. The quantitative estimate of drug-likeness (QED) is 0.770. The van der Waals surface area contributed by atoms with Gasteiger partial charge in [-0.3, -0.25) is 0 Å². The maximum absolute atomic E-state index is 13.9. The molecule has 0 aliphatic rings. The lowest BCUT2D eigenvalue weighted by Gasteiger charge is -2.05. The topological polar surface area (TPSA) is 41.8 Å². The maximum Gasteiger partial charge on any atom is 0.153 e. The van der Waals surface area contributed by atoms with Gasteiger partial charge in [-0.15, -0.1) is 0 Å². The SMILES string of the molecule is NCCCCc1c(F)cc2cc[nH]c2c1F. The summed E-state index contributed by atoms with van der Waals surface area (Å²) >= 11 is 0. The van der Waals surface area contributed by atoms with Crippen LogP contribution in [0.2, 0.25) is 0 Å². The molecule has 0 aliphatic carbocycles. The van der Waals surface area contributed by atoms with E-state index in [-0.39, 0.29) is 5.56 Å². The summed E-state index contributed by atoms with van der Waals surface area (Å²) in [6.07, 6.45) is 3.48. The lowest BCUT2D eigenvalue weighted by molar-refractivity contribution is 0.554. The van der Waals surface area contributed by atoms with Crippen LogP contribution in [-0.2, 0) is 6.42 Å². The van der Waals surface area contributed by atoms with Crippen molar-refractivity contribution in [1.29, 1.82) is 0 Å². The highest BCUT2D eigenvalue weighted by Gasteiger charge is 2.13. The Hall–Kier alpha value is -1.42. The van der Waals surface area contributed by atoms with Gasteiger partial charge in [0.25, 0.3) is 0 Å². The van der Waals surface area contributed by atoms with Crippen molar-refractivity contribution in [3.63, 3.8) is 0 Å². The average Bonchev–Trinajstić information content (AvgIpc) is 2.71. The largest absolute Gasteiger partial charge is 0.359 e. The molecule has 2 rings (SSSR count). The first kappa shape index (κ1) is 11.1. The second kappa shape index (κ2) is 4.61. The van der Waals surface area contributed by atoms with E-state index < -0.39 is 11.6 Å². The van der Waals surface area contributed by atoms with Crippen LogP contribution in [0.4, 0.5) is 8.78 Å². The molecule has 2 nitrogen and oxygen atoms in total. The Morgan fingerprint density at radius 3 is 2.81 bits per heavy atom. The molecule has 1 aromatic heterocycles. The minimum atomic E-state index is -0.475. The zero-order chi connectivity index (χ0) is 11.5. The fourth-order valence-electron chi connectivity index (χ4n) is 1.85. The average molecular weight is 224 g/mol. The van der Waals surface area contributed by atoms with Gasteiger partial charge in [-0.25, -0.2) is 8.78 Å². The Balaban J connectivity index is 2.35. The molecule has 0 saturated carbocycles. The number of rotatable bonds is 4. The summed E-state index contributed by atoms with van der Waals surface area (Å²) in [5.74, 6) is -0.946. The zero-order valence-corrected chi connectivity index (χ0v) is 8.89. The molecule has 0 radical (unpaired) electrons. The molecule has 1 aromatic carbocycles. The van der Waals surface area contributed by atoms with Gasteiger partial charge in [0, 0.05) is 17.1 Å². The summed E-state index contributed by atoms with van der Waals surface area (Å²) in [6, 6.07) is 3.03. The minimum absolute atomic E-state index is 0.156. The fourth-order valence-corrected chi connectivity index (χ4v) is 1.85. The van der Waals surface area contributed by atoms with Crippen LogP contribution in [0.1, 0.15) is 18.4 Å². The van der Waals surface area contributed by atoms with E-state index in [0.717, 1.165) is 6.42 Å². The van der Waals surface area contributed by atoms with Gasteiger partial charge in [0.15, 0.2) is 5.82 Å². The predicted molar refractivity (Wildman–Crippen MR) is 60.2 cm³/mol. The number of halogens is 2. The standard InChI is InChI=1S/C12H14F2N2/c13-10-7-8-4-6-16-12(8)11(14)9(10)3-1-2-5-15/h4,6-7,16H,1-3,5,15H2. The van der Waals surface area contributed by atoms with Crippen molar-refractivity contribution < 1.29 is 8.78 Å². The molecule has 86 valence electrons. The van der Waals surface area contributed by atoms with E-state index in [9.17, 15) is 8.78 Å².